The van der Waals surface area contributed by atoms with Crippen molar-refractivity contribution in [1.82, 2.24) is 19.9 Å². The van der Waals surface area contributed by atoms with Gasteiger partial charge in [-0.1, -0.05) is 43.7 Å². The van der Waals surface area contributed by atoms with Crippen LogP contribution in [0.1, 0.15) is 35.5 Å². The van der Waals surface area contributed by atoms with Gasteiger partial charge < -0.3 is 5.32 Å². The Bertz CT molecular complexity index is 1010. The summed E-state index contributed by atoms with van der Waals surface area (Å²) in [6.45, 7) is 6.84. The molecule has 0 spiro atoms. The molecule has 0 saturated carbocycles. The van der Waals surface area contributed by atoms with Crippen LogP contribution in [-0.2, 0) is 13.1 Å². The Balaban J connectivity index is 1.94. The lowest BCUT2D eigenvalue weighted by Gasteiger charge is -2.13. The molecule has 134 valence electrons. The summed E-state index contributed by atoms with van der Waals surface area (Å²) in [5.74, 6) is -0.233. The van der Waals surface area contributed by atoms with Crippen LogP contribution in [0.2, 0.25) is 0 Å². The molecular formula is C20H22N4O2. The van der Waals surface area contributed by atoms with Crippen molar-refractivity contribution in [2.75, 3.05) is 0 Å². The summed E-state index contributed by atoms with van der Waals surface area (Å²) in [5.41, 5.74) is 2.62. The molecule has 0 aliphatic heterocycles. The molecule has 0 unspecified atom stereocenters. The number of pyridine rings is 1. The van der Waals surface area contributed by atoms with Gasteiger partial charge in [-0.05, 0) is 30.5 Å². The van der Waals surface area contributed by atoms with Crippen LogP contribution in [0.25, 0.3) is 11.2 Å². The van der Waals surface area contributed by atoms with Crippen molar-refractivity contribution in [3.8, 4) is 0 Å². The average molecular weight is 350 g/mol. The van der Waals surface area contributed by atoms with Gasteiger partial charge in [0.2, 0.25) is 0 Å². The van der Waals surface area contributed by atoms with Crippen molar-refractivity contribution in [2.24, 2.45) is 5.92 Å². The summed E-state index contributed by atoms with van der Waals surface area (Å²) in [7, 11) is 0. The number of benzene rings is 1. The zero-order chi connectivity index (χ0) is 18.7. The highest BCUT2D eigenvalue weighted by Crippen LogP contribution is 2.10. The number of nitrogens with zero attached hydrogens (tertiary/aromatic N) is 3. The molecule has 1 aromatic carbocycles. The van der Waals surface area contributed by atoms with E-state index < -0.39 is 11.5 Å². The first kappa shape index (κ1) is 17.8. The summed E-state index contributed by atoms with van der Waals surface area (Å²) in [4.78, 5) is 34.0. The molecule has 0 aliphatic rings. The minimum atomic E-state index is -0.472. The van der Waals surface area contributed by atoms with Gasteiger partial charge in [0.05, 0.1) is 0 Å². The molecule has 1 amide bonds. The third kappa shape index (κ3) is 3.79. The third-order valence-corrected chi connectivity index (χ3v) is 4.00. The van der Waals surface area contributed by atoms with Gasteiger partial charge in [-0.25, -0.2) is 9.97 Å². The highest BCUT2D eigenvalue weighted by molar-refractivity contribution is 5.93. The van der Waals surface area contributed by atoms with Crippen LogP contribution in [0.15, 0.2) is 47.4 Å². The molecule has 0 bridgehead atoms. The third-order valence-electron chi connectivity index (χ3n) is 4.00. The van der Waals surface area contributed by atoms with Gasteiger partial charge in [-0.3, -0.25) is 14.2 Å². The Morgan fingerprint density at radius 2 is 2.04 bits per heavy atom. The number of carbonyl (C=O) groups excluding carboxylic acids is 1. The molecule has 1 N–H and O–H groups in total. The molecule has 6 nitrogen and oxygen atoms in total. The van der Waals surface area contributed by atoms with Gasteiger partial charge >= 0.3 is 0 Å². The summed E-state index contributed by atoms with van der Waals surface area (Å²) in [5, 5.41) is 2.79. The van der Waals surface area contributed by atoms with Gasteiger partial charge in [-0.15, -0.1) is 0 Å². The van der Waals surface area contributed by atoms with E-state index in [0.717, 1.165) is 11.1 Å². The first-order valence-corrected chi connectivity index (χ1v) is 8.65. The highest BCUT2D eigenvalue weighted by atomic mass is 16.2. The van der Waals surface area contributed by atoms with Crippen molar-refractivity contribution >= 4 is 17.1 Å². The lowest BCUT2D eigenvalue weighted by Crippen LogP contribution is -2.35. The second kappa shape index (κ2) is 7.47. The van der Waals surface area contributed by atoms with Crippen molar-refractivity contribution in [3.05, 3.63) is 69.8 Å². The molecular weight excluding hydrogens is 328 g/mol. The van der Waals surface area contributed by atoms with E-state index in [1.54, 1.807) is 18.3 Å². The minimum Gasteiger partial charge on any atom is -0.346 e. The molecule has 0 fully saturated rings. The molecule has 0 aliphatic carbocycles. The molecule has 3 aromatic rings. The fourth-order valence-corrected chi connectivity index (χ4v) is 2.85. The van der Waals surface area contributed by atoms with E-state index in [9.17, 15) is 9.59 Å². The monoisotopic (exact) mass is 350 g/mol. The second-order valence-corrected chi connectivity index (χ2v) is 6.79. The Hall–Kier alpha value is -3.02. The Kier molecular flexibility index (Phi) is 5.11. The first-order chi connectivity index (χ1) is 12.5. The molecule has 2 aromatic heterocycles. The maximum absolute atomic E-state index is 12.8. The quantitative estimate of drug-likeness (QED) is 0.767. The molecule has 6 heteroatoms. The number of nitrogens with one attached hydrogen (secondary N) is 1. The maximum Gasteiger partial charge on any atom is 0.283 e. The van der Waals surface area contributed by atoms with Gasteiger partial charge in [0.15, 0.2) is 11.3 Å². The normalized spacial score (nSPS) is 11.1. The summed E-state index contributed by atoms with van der Waals surface area (Å²) in [6.07, 6.45) is 1.62. The van der Waals surface area contributed by atoms with Gasteiger partial charge in [0, 0.05) is 19.3 Å². The van der Waals surface area contributed by atoms with E-state index in [-0.39, 0.29) is 11.6 Å². The number of aromatic nitrogens is 3. The zero-order valence-electron chi connectivity index (χ0n) is 15.2. The van der Waals surface area contributed by atoms with E-state index in [2.05, 4.69) is 15.3 Å². The summed E-state index contributed by atoms with van der Waals surface area (Å²) < 4.78 is 1.54. The van der Waals surface area contributed by atoms with Gasteiger partial charge in [-0.2, -0.15) is 0 Å². The van der Waals surface area contributed by atoms with E-state index in [1.165, 1.54) is 4.57 Å². The van der Waals surface area contributed by atoms with Crippen LogP contribution >= 0.6 is 0 Å². The maximum atomic E-state index is 12.8. The second-order valence-electron chi connectivity index (χ2n) is 6.79. The number of rotatable bonds is 5. The Morgan fingerprint density at radius 3 is 2.77 bits per heavy atom. The van der Waals surface area contributed by atoms with Crippen LogP contribution in [0, 0.1) is 12.8 Å². The predicted octanol–water partition coefficient (Wildman–Crippen LogP) is 2.69. The molecule has 2 heterocycles. The number of carbonyl (C=O) groups is 1. The molecule has 26 heavy (non-hydrogen) atoms. The Labute approximate surface area is 151 Å². The van der Waals surface area contributed by atoms with Crippen molar-refractivity contribution in [1.29, 1.82) is 0 Å². The summed E-state index contributed by atoms with van der Waals surface area (Å²) in [6, 6.07) is 11.4. The van der Waals surface area contributed by atoms with Crippen LogP contribution in [0.4, 0.5) is 0 Å². The lowest BCUT2D eigenvalue weighted by molar-refractivity contribution is 0.0944. The highest BCUT2D eigenvalue weighted by Gasteiger charge is 2.18. The number of hydrogen-bond donors (Lipinski definition) is 1. The fraction of sp³-hybridized carbons (Fsp3) is 0.300. The van der Waals surface area contributed by atoms with Crippen molar-refractivity contribution in [3.63, 3.8) is 0 Å². The summed E-state index contributed by atoms with van der Waals surface area (Å²) >= 11 is 0. The molecule has 0 radical (unpaired) electrons. The van der Waals surface area contributed by atoms with E-state index >= 15 is 0 Å². The van der Waals surface area contributed by atoms with Crippen LogP contribution in [-0.4, -0.2) is 20.4 Å². The molecule has 3 rings (SSSR count). The van der Waals surface area contributed by atoms with Crippen LogP contribution in [0.3, 0.4) is 0 Å². The standard InChI is InChI=1S/C20H22N4O2/c1-13(2)12-24-18-16(8-5-9-21-18)23-17(20(24)26)19(25)22-11-15-7-4-6-14(3)10-15/h4-10,13H,11-12H2,1-3H3,(H,22,25). The minimum absolute atomic E-state index is 0.0983. The number of aryl methyl sites for hydroxylation is 1. The smallest absolute Gasteiger partial charge is 0.283 e. The van der Waals surface area contributed by atoms with E-state index in [4.69, 9.17) is 0 Å². The van der Waals surface area contributed by atoms with Gasteiger partial charge in [0.1, 0.15) is 5.52 Å². The van der Waals surface area contributed by atoms with Crippen molar-refractivity contribution < 1.29 is 4.79 Å². The number of hydrogen-bond acceptors (Lipinski definition) is 4. The average Bonchev–Trinajstić information content (AvgIpc) is 2.61. The molecule has 0 saturated heterocycles. The van der Waals surface area contributed by atoms with Crippen molar-refractivity contribution in [2.45, 2.75) is 33.9 Å². The Morgan fingerprint density at radius 1 is 1.23 bits per heavy atom. The lowest BCUT2D eigenvalue weighted by atomic mass is 10.1. The largest absolute Gasteiger partial charge is 0.346 e. The SMILES string of the molecule is Cc1cccc(CNC(=O)c2nc3cccnc3n(CC(C)C)c2=O)c1. The topological polar surface area (TPSA) is 76.9 Å². The van der Waals surface area contributed by atoms with E-state index in [0.29, 0.717) is 24.3 Å². The number of amides is 1. The first-order valence-electron chi connectivity index (χ1n) is 8.65. The van der Waals surface area contributed by atoms with Gasteiger partial charge in [0.25, 0.3) is 11.5 Å². The number of fused-ring (bicyclic) bond motifs is 1. The predicted molar refractivity (Wildman–Crippen MR) is 101 cm³/mol. The zero-order valence-corrected chi connectivity index (χ0v) is 15.2. The van der Waals surface area contributed by atoms with E-state index in [1.807, 2.05) is 45.0 Å². The van der Waals surface area contributed by atoms with Crippen LogP contribution in [0.5, 0.6) is 0 Å². The fourth-order valence-electron chi connectivity index (χ4n) is 2.85. The molecule has 0 atom stereocenters. The van der Waals surface area contributed by atoms with Crippen LogP contribution < -0.4 is 10.9 Å².